The smallest absolute Gasteiger partial charge is 0.305 e. The Hall–Kier alpha value is -1.66. The average molecular weight is 804 g/mol. The number of aliphatic hydroxyl groups is 2. The molecule has 6 heteroatoms. The van der Waals surface area contributed by atoms with Crippen molar-refractivity contribution in [2.75, 3.05) is 13.2 Å². The molecule has 2 unspecified atom stereocenters. The number of hydrogen-bond acceptors (Lipinski definition) is 5. The third-order valence-electron chi connectivity index (χ3n) is 11.5. The zero-order valence-electron chi connectivity index (χ0n) is 38.1. The molecule has 0 rings (SSSR count). The minimum Gasteiger partial charge on any atom is -0.466 e. The Bertz CT molecular complexity index is 889. The van der Waals surface area contributed by atoms with E-state index < -0.39 is 12.1 Å². The van der Waals surface area contributed by atoms with E-state index in [0.717, 1.165) is 57.8 Å². The molecule has 336 valence electrons. The number of nitrogens with one attached hydrogen (secondary N) is 1. The van der Waals surface area contributed by atoms with Gasteiger partial charge in [-0.1, -0.05) is 218 Å². The minimum absolute atomic E-state index is 0.0138. The van der Waals surface area contributed by atoms with Crippen molar-refractivity contribution in [1.82, 2.24) is 5.32 Å². The lowest BCUT2D eigenvalue weighted by Crippen LogP contribution is -2.45. The van der Waals surface area contributed by atoms with Crippen LogP contribution >= 0.6 is 0 Å². The molecule has 0 aromatic rings. The first-order chi connectivity index (χ1) is 28.0. The average Bonchev–Trinajstić information content (AvgIpc) is 3.21. The lowest BCUT2D eigenvalue weighted by molar-refractivity contribution is -0.143. The number of carbonyl (C=O) groups excluding carboxylic acids is 2. The van der Waals surface area contributed by atoms with Crippen LogP contribution in [-0.4, -0.2) is 47.4 Å². The van der Waals surface area contributed by atoms with E-state index in [1.165, 1.54) is 173 Å². The number of rotatable bonds is 46. The predicted octanol–water partition coefficient (Wildman–Crippen LogP) is 14.7. The summed E-state index contributed by atoms with van der Waals surface area (Å²) in [6, 6.07) is -0.546. The number of allylic oxidation sites excluding steroid dienone is 4. The molecular weight excluding hydrogens is 707 g/mol. The molecule has 0 bridgehead atoms. The fourth-order valence-corrected chi connectivity index (χ4v) is 7.61. The Morgan fingerprint density at radius 1 is 0.491 bits per heavy atom. The van der Waals surface area contributed by atoms with Crippen LogP contribution in [0.25, 0.3) is 0 Å². The van der Waals surface area contributed by atoms with Crippen molar-refractivity contribution in [3.05, 3.63) is 24.3 Å². The number of aliphatic hydroxyl groups excluding tert-OH is 2. The third-order valence-corrected chi connectivity index (χ3v) is 11.5. The van der Waals surface area contributed by atoms with E-state index in [-0.39, 0.29) is 18.5 Å². The van der Waals surface area contributed by atoms with E-state index in [9.17, 15) is 19.8 Å². The second kappa shape index (κ2) is 47.0. The lowest BCUT2D eigenvalue weighted by Gasteiger charge is -2.22. The van der Waals surface area contributed by atoms with Gasteiger partial charge in [-0.25, -0.2) is 0 Å². The van der Waals surface area contributed by atoms with Gasteiger partial charge < -0.3 is 20.3 Å². The highest BCUT2D eigenvalue weighted by Gasteiger charge is 2.20. The number of ether oxygens (including phenoxy) is 1. The molecule has 0 saturated heterocycles. The summed E-state index contributed by atoms with van der Waals surface area (Å²) < 4.78 is 5.46. The molecule has 0 aliphatic carbocycles. The number of unbranched alkanes of at least 4 members (excludes halogenated alkanes) is 31. The van der Waals surface area contributed by atoms with Gasteiger partial charge in [0.15, 0.2) is 0 Å². The minimum atomic E-state index is -0.668. The van der Waals surface area contributed by atoms with Crippen LogP contribution in [0.2, 0.25) is 0 Å². The van der Waals surface area contributed by atoms with Gasteiger partial charge in [0.05, 0.1) is 25.4 Å². The molecule has 6 nitrogen and oxygen atoms in total. The fourth-order valence-electron chi connectivity index (χ4n) is 7.61. The van der Waals surface area contributed by atoms with Crippen molar-refractivity contribution in [1.29, 1.82) is 0 Å². The van der Waals surface area contributed by atoms with Crippen molar-refractivity contribution in [2.24, 2.45) is 0 Å². The Balaban J connectivity index is 3.42. The van der Waals surface area contributed by atoms with Crippen molar-refractivity contribution < 1.29 is 24.5 Å². The molecule has 0 spiro atoms. The maximum Gasteiger partial charge on any atom is 0.305 e. The highest BCUT2D eigenvalue weighted by Crippen LogP contribution is 2.16. The summed E-state index contributed by atoms with van der Waals surface area (Å²) >= 11 is 0. The van der Waals surface area contributed by atoms with Gasteiger partial charge in [0.25, 0.3) is 0 Å². The topological polar surface area (TPSA) is 95.9 Å². The van der Waals surface area contributed by atoms with Gasteiger partial charge in [0.2, 0.25) is 5.91 Å². The predicted molar refractivity (Wildman–Crippen MR) is 246 cm³/mol. The largest absolute Gasteiger partial charge is 0.466 e. The van der Waals surface area contributed by atoms with Gasteiger partial charge in [0, 0.05) is 12.8 Å². The van der Waals surface area contributed by atoms with Crippen molar-refractivity contribution >= 4 is 11.9 Å². The quantitative estimate of drug-likeness (QED) is 0.0324. The van der Waals surface area contributed by atoms with Crippen LogP contribution in [0.1, 0.15) is 264 Å². The zero-order valence-corrected chi connectivity index (χ0v) is 38.1. The van der Waals surface area contributed by atoms with Crippen LogP contribution in [0.3, 0.4) is 0 Å². The third kappa shape index (κ3) is 43.7. The van der Waals surface area contributed by atoms with E-state index in [2.05, 4.69) is 43.5 Å². The van der Waals surface area contributed by atoms with Crippen molar-refractivity contribution in [3.63, 3.8) is 0 Å². The van der Waals surface area contributed by atoms with Crippen LogP contribution in [0.15, 0.2) is 24.3 Å². The van der Waals surface area contributed by atoms with Crippen LogP contribution < -0.4 is 5.32 Å². The molecule has 3 N–H and O–H groups in total. The summed E-state index contributed by atoms with van der Waals surface area (Å²) in [7, 11) is 0. The molecule has 0 fully saturated rings. The second-order valence-corrected chi connectivity index (χ2v) is 17.1. The molecule has 0 aliphatic heterocycles. The Kier molecular flexibility index (Phi) is 45.7. The van der Waals surface area contributed by atoms with Gasteiger partial charge in [0.1, 0.15) is 0 Å². The number of amides is 1. The first kappa shape index (κ1) is 55.3. The maximum absolute atomic E-state index is 12.4. The molecule has 2 atom stereocenters. The lowest BCUT2D eigenvalue weighted by atomic mass is 10.0. The second-order valence-electron chi connectivity index (χ2n) is 17.1. The molecule has 1 amide bonds. The van der Waals surface area contributed by atoms with Crippen LogP contribution in [0, 0.1) is 0 Å². The Labute approximate surface area is 354 Å². The van der Waals surface area contributed by atoms with Gasteiger partial charge in [-0.05, 0) is 57.8 Å². The first-order valence-corrected chi connectivity index (χ1v) is 25.1. The first-order valence-electron chi connectivity index (χ1n) is 25.1. The van der Waals surface area contributed by atoms with Gasteiger partial charge >= 0.3 is 5.97 Å². The van der Waals surface area contributed by atoms with Crippen molar-refractivity contribution in [2.45, 2.75) is 276 Å². The Morgan fingerprint density at radius 2 is 0.877 bits per heavy atom. The van der Waals surface area contributed by atoms with E-state index in [4.69, 9.17) is 4.74 Å². The van der Waals surface area contributed by atoms with E-state index in [1.54, 1.807) is 0 Å². The summed E-state index contributed by atoms with van der Waals surface area (Å²) in [5.74, 6) is -0.0600. The van der Waals surface area contributed by atoms with Crippen LogP contribution in [0.4, 0.5) is 0 Å². The number of esters is 1. The van der Waals surface area contributed by atoms with E-state index >= 15 is 0 Å². The zero-order chi connectivity index (χ0) is 41.5. The summed E-state index contributed by atoms with van der Waals surface area (Å²) in [5.41, 5.74) is 0. The summed E-state index contributed by atoms with van der Waals surface area (Å²) in [4.78, 5) is 24.4. The highest BCUT2D eigenvalue weighted by molar-refractivity contribution is 5.76. The SMILES string of the molecule is CCCCC/C=C\C/C=C\CCCCCCCC(=O)OCCCCCCCCCCCCCCCCCC(=O)NC(CO)C(O)CCCCCCCCCCCC. The number of carbonyl (C=O) groups is 2. The molecule has 0 aliphatic rings. The molecule has 0 aromatic heterocycles. The molecule has 57 heavy (non-hydrogen) atoms. The Morgan fingerprint density at radius 3 is 1.37 bits per heavy atom. The molecule has 0 heterocycles. The summed E-state index contributed by atoms with van der Waals surface area (Å²) in [6.45, 7) is 4.88. The molecular formula is C51H97NO5. The van der Waals surface area contributed by atoms with Gasteiger partial charge in [-0.15, -0.1) is 0 Å². The fraction of sp³-hybridized carbons (Fsp3) is 0.882. The summed E-state index contributed by atoms with van der Waals surface area (Å²) in [6.07, 6.45) is 54.3. The van der Waals surface area contributed by atoms with Gasteiger partial charge in [-0.3, -0.25) is 9.59 Å². The molecule has 0 aromatic carbocycles. The maximum atomic E-state index is 12.4. The monoisotopic (exact) mass is 804 g/mol. The summed E-state index contributed by atoms with van der Waals surface area (Å²) in [5, 5.41) is 23.1. The molecule has 0 radical (unpaired) electrons. The van der Waals surface area contributed by atoms with E-state index in [0.29, 0.717) is 25.9 Å². The standard InChI is InChI=1S/C51H97NO5/c1-3-5-7-9-11-13-15-16-18-22-25-29-33-37-41-45-51(56)57-46-42-38-34-30-26-23-20-17-19-21-24-28-32-36-40-44-50(55)52-48(47-53)49(54)43-39-35-31-27-14-12-10-8-6-4-2/h11,13,16,18,48-49,53-54H,3-10,12,14-15,17,19-47H2,1-2H3,(H,52,55)/b13-11-,18-16-. The van der Waals surface area contributed by atoms with Crippen LogP contribution in [-0.2, 0) is 14.3 Å². The molecule has 0 saturated carbocycles. The highest BCUT2D eigenvalue weighted by atomic mass is 16.5. The normalized spacial score (nSPS) is 12.8. The van der Waals surface area contributed by atoms with E-state index in [1.807, 2.05) is 0 Å². The number of hydrogen-bond donors (Lipinski definition) is 3. The van der Waals surface area contributed by atoms with Crippen molar-refractivity contribution in [3.8, 4) is 0 Å². The van der Waals surface area contributed by atoms with Crippen LogP contribution in [0.5, 0.6) is 0 Å². The van der Waals surface area contributed by atoms with Gasteiger partial charge in [-0.2, -0.15) is 0 Å².